The maximum atomic E-state index is 13.9. The van der Waals surface area contributed by atoms with Crippen LogP contribution in [0.25, 0.3) is 0 Å². The Balaban J connectivity index is 1.54. The molecule has 2 amide bonds. The van der Waals surface area contributed by atoms with E-state index >= 15 is 0 Å². The number of amides is 2. The molecule has 0 spiro atoms. The summed E-state index contributed by atoms with van der Waals surface area (Å²) < 4.78 is 13.9. The minimum Gasteiger partial charge on any atom is -0.370 e. The molecule has 0 bridgehead atoms. The van der Waals surface area contributed by atoms with Crippen LogP contribution in [-0.2, 0) is 16.1 Å². The number of nitrogens with zero attached hydrogens (tertiary/aromatic N) is 1. The first kappa shape index (κ1) is 22.5. The Labute approximate surface area is 192 Å². The summed E-state index contributed by atoms with van der Waals surface area (Å²) in [5.74, 6) is -0.632. The van der Waals surface area contributed by atoms with Crippen LogP contribution in [0.3, 0.4) is 0 Å². The van der Waals surface area contributed by atoms with E-state index in [1.54, 1.807) is 29.2 Å². The zero-order valence-electron chi connectivity index (χ0n) is 18.3. The Morgan fingerprint density at radius 2 is 1.79 bits per heavy atom. The molecule has 3 aromatic carbocycles. The van der Waals surface area contributed by atoms with E-state index in [4.69, 9.17) is 5.73 Å². The predicted molar refractivity (Wildman–Crippen MR) is 128 cm³/mol. The van der Waals surface area contributed by atoms with Gasteiger partial charge in [0.05, 0.1) is 0 Å². The predicted octanol–water partition coefficient (Wildman–Crippen LogP) is 4.59. The molecule has 0 aromatic heterocycles. The van der Waals surface area contributed by atoms with E-state index in [0.29, 0.717) is 36.4 Å². The van der Waals surface area contributed by atoms with Gasteiger partial charge in [-0.1, -0.05) is 24.3 Å². The number of hydrogen-bond donors (Lipinski definition) is 3. The first-order valence-electron chi connectivity index (χ1n) is 11.1. The number of nitrogens with one attached hydrogen (secondary N) is 2. The lowest BCUT2D eigenvalue weighted by atomic mass is 10.0. The number of benzene rings is 3. The summed E-state index contributed by atoms with van der Waals surface area (Å²) in [6, 6.07) is 19.8. The van der Waals surface area contributed by atoms with Crippen LogP contribution < -0.4 is 21.3 Å². The maximum absolute atomic E-state index is 13.9. The van der Waals surface area contributed by atoms with Crippen LogP contribution in [0.2, 0.25) is 0 Å². The first-order chi connectivity index (χ1) is 16.0. The molecular weight excluding hydrogens is 419 g/mol. The summed E-state index contributed by atoms with van der Waals surface area (Å²) in [4.78, 5) is 27.2. The summed E-state index contributed by atoms with van der Waals surface area (Å²) in [6.07, 6.45) is 2.47. The lowest BCUT2D eigenvalue weighted by Crippen LogP contribution is -2.35. The standard InChI is InChI=1S/C26H27FN4O2/c27-20-7-4-6-19(16-20)25(29-22-8-3-5-18(15-22)17-28)26(33)30-21-10-12-23(13-11-21)31-14-2-1-9-24(31)32/h3-8,10-13,15-16,25,29H,1-2,9,14,17,28H2,(H,30,33)/t25-/m0/s1. The molecule has 4 rings (SSSR count). The highest BCUT2D eigenvalue weighted by atomic mass is 19.1. The van der Waals surface area contributed by atoms with E-state index in [-0.39, 0.29) is 11.8 Å². The van der Waals surface area contributed by atoms with E-state index in [9.17, 15) is 14.0 Å². The average molecular weight is 447 g/mol. The molecule has 1 fully saturated rings. The van der Waals surface area contributed by atoms with Gasteiger partial charge in [-0.2, -0.15) is 0 Å². The molecule has 3 aromatic rings. The van der Waals surface area contributed by atoms with Crippen LogP contribution >= 0.6 is 0 Å². The van der Waals surface area contributed by atoms with Crippen molar-refractivity contribution in [2.45, 2.75) is 31.8 Å². The highest BCUT2D eigenvalue weighted by Crippen LogP contribution is 2.26. The molecule has 33 heavy (non-hydrogen) atoms. The van der Waals surface area contributed by atoms with E-state index in [0.717, 1.165) is 24.1 Å². The van der Waals surface area contributed by atoms with Crippen molar-refractivity contribution in [3.05, 3.63) is 89.7 Å². The molecule has 1 atom stereocenters. The quantitative estimate of drug-likeness (QED) is 0.495. The fourth-order valence-corrected chi connectivity index (χ4v) is 3.96. The van der Waals surface area contributed by atoms with Gasteiger partial charge < -0.3 is 21.3 Å². The molecule has 7 heteroatoms. The lowest BCUT2D eigenvalue weighted by Gasteiger charge is -2.27. The number of carbonyl (C=O) groups excluding carboxylic acids is 2. The van der Waals surface area contributed by atoms with Gasteiger partial charge in [-0.15, -0.1) is 0 Å². The van der Waals surface area contributed by atoms with E-state index in [1.165, 1.54) is 12.1 Å². The third-order valence-electron chi connectivity index (χ3n) is 5.69. The number of rotatable bonds is 7. The zero-order chi connectivity index (χ0) is 23.2. The first-order valence-corrected chi connectivity index (χ1v) is 11.1. The molecule has 1 saturated heterocycles. The Morgan fingerprint density at radius 1 is 1.00 bits per heavy atom. The molecule has 0 saturated carbocycles. The highest BCUT2D eigenvalue weighted by Gasteiger charge is 2.23. The van der Waals surface area contributed by atoms with Gasteiger partial charge in [-0.25, -0.2) is 4.39 Å². The Morgan fingerprint density at radius 3 is 2.52 bits per heavy atom. The van der Waals surface area contributed by atoms with Gasteiger partial charge in [0.2, 0.25) is 5.91 Å². The SMILES string of the molecule is NCc1cccc(N[C@H](C(=O)Nc2ccc(N3CCCCC3=O)cc2)c2cccc(F)c2)c1. The Bertz CT molecular complexity index is 1130. The summed E-state index contributed by atoms with van der Waals surface area (Å²) in [5.41, 5.74) is 9.27. The van der Waals surface area contributed by atoms with Gasteiger partial charge in [-0.3, -0.25) is 9.59 Å². The second kappa shape index (κ2) is 10.3. The number of piperidine rings is 1. The van der Waals surface area contributed by atoms with Crippen molar-refractivity contribution in [1.29, 1.82) is 0 Å². The molecule has 4 N–H and O–H groups in total. The average Bonchev–Trinajstić information content (AvgIpc) is 2.83. The van der Waals surface area contributed by atoms with Gasteiger partial charge in [-0.05, 0) is 72.5 Å². The number of hydrogen-bond acceptors (Lipinski definition) is 4. The van der Waals surface area contributed by atoms with Crippen molar-refractivity contribution >= 4 is 28.9 Å². The molecule has 170 valence electrons. The van der Waals surface area contributed by atoms with Crippen molar-refractivity contribution in [1.82, 2.24) is 0 Å². The molecule has 0 radical (unpaired) electrons. The smallest absolute Gasteiger partial charge is 0.251 e. The molecule has 6 nitrogen and oxygen atoms in total. The highest BCUT2D eigenvalue weighted by molar-refractivity contribution is 5.98. The molecule has 0 unspecified atom stereocenters. The Kier molecular flexibility index (Phi) is 7.00. The summed E-state index contributed by atoms with van der Waals surface area (Å²) in [6.45, 7) is 1.08. The third-order valence-corrected chi connectivity index (χ3v) is 5.69. The van der Waals surface area contributed by atoms with Gasteiger partial charge in [0.25, 0.3) is 5.91 Å². The van der Waals surface area contributed by atoms with Crippen LogP contribution in [0.4, 0.5) is 21.5 Å². The van der Waals surface area contributed by atoms with Crippen molar-refractivity contribution in [2.75, 3.05) is 22.1 Å². The molecule has 1 heterocycles. The van der Waals surface area contributed by atoms with Crippen LogP contribution in [-0.4, -0.2) is 18.4 Å². The maximum Gasteiger partial charge on any atom is 0.251 e. The van der Waals surface area contributed by atoms with Crippen LogP contribution in [0.5, 0.6) is 0 Å². The van der Waals surface area contributed by atoms with Crippen LogP contribution in [0, 0.1) is 5.82 Å². The number of anilines is 3. The van der Waals surface area contributed by atoms with E-state index in [1.807, 2.05) is 36.4 Å². The normalized spacial score (nSPS) is 14.6. The third kappa shape index (κ3) is 5.56. The fourth-order valence-electron chi connectivity index (χ4n) is 3.96. The van der Waals surface area contributed by atoms with Gasteiger partial charge in [0.15, 0.2) is 0 Å². The zero-order valence-corrected chi connectivity index (χ0v) is 18.3. The molecule has 1 aliphatic heterocycles. The van der Waals surface area contributed by atoms with Crippen molar-refractivity contribution < 1.29 is 14.0 Å². The van der Waals surface area contributed by atoms with Gasteiger partial charge in [0, 0.05) is 36.6 Å². The summed E-state index contributed by atoms with van der Waals surface area (Å²) in [5, 5.41) is 6.10. The largest absolute Gasteiger partial charge is 0.370 e. The number of carbonyl (C=O) groups is 2. The molecule has 0 aliphatic carbocycles. The van der Waals surface area contributed by atoms with Gasteiger partial charge >= 0.3 is 0 Å². The van der Waals surface area contributed by atoms with Crippen LogP contribution in [0.1, 0.15) is 36.4 Å². The van der Waals surface area contributed by atoms with E-state index < -0.39 is 11.9 Å². The summed E-state index contributed by atoms with van der Waals surface area (Å²) in [7, 11) is 0. The van der Waals surface area contributed by atoms with Crippen molar-refractivity contribution in [3.8, 4) is 0 Å². The van der Waals surface area contributed by atoms with Crippen molar-refractivity contribution in [2.24, 2.45) is 5.73 Å². The van der Waals surface area contributed by atoms with Crippen LogP contribution in [0.15, 0.2) is 72.8 Å². The topological polar surface area (TPSA) is 87.5 Å². The lowest BCUT2D eigenvalue weighted by molar-refractivity contribution is -0.119. The second-order valence-corrected chi connectivity index (χ2v) is 8.08. The summed E-state index contributed by atoms with van der Waals surface area (Å²) >= 11 is 0. The molecule has 1 aliphatic rings. The fraction of sp³-hybridized carbons (Fsp3) is 0.231. The number of nitrogens with two attached hydrogens (primary N) is 1. The van der Waals surface area contributed by atoms with E-state index in [2.05, 4.69) is 10.6 Å². The monoisotopic (exact) mass is 446 g/mol. The Hall–Kier alpha value is -3.71. The minimum atomic E-state index is -0.822. The number of halogens is 1. The van der Waals surface area contributed by atoms with Gasteiger partial charge in [0.1, 0.15) is 11.9 Å². The minimum absolute atomic E-state index is 0.119. The van der Waals surface area contributed by atoms with Crippen molar-refractivity contribution in [3.63, 3.8) is 0 Å². The second-order valence-electron chi connectivity index (χ2n) is 8.08. The molecular formula is C26H27FN4O2.